The van der Waals surface area contributed by atoms with Crippen LogP contribution in [0.4, 0.5) is 0 Å². The third-order valence-corrected chi connectivity index (χ3v) is 3.06. The molecule has 0 aliphatic heterocycles. The fourth-order valence-corrected chi connectivity index (χ4v) is 2.17. The number of methoxy groups -OCH3 is 1. The van der Waals surface area contributed by atoms with Crippen LogP contribution < -0.4 is 16.1 Å². The third kappa shape index (κ3) is 1.87. The summed E-state index contributed by atoms with van der Waals surface area (Å²) < 4.78 is 5.76. The number of rotatable bonds is 2. The van der Waals surface area contributed by atoms with Crippen LogP contribution in [0.2, 0.25) is 0 Å². The number of ether oxygens (including phenoxy) is 1. The molecule has 0 bridgehead atoms. The van der Waals surface area contributed by atoms with E-state index in [4.69, 9.17) is 10.6 Å². The Kier molecular flexibility index (Phi) is 3.07. The van der Waals surface area contributed by atoms with Gasteiger partial charge in [-0.3, -0.25) is 4.79 Å². The van der Waals surface area contributed by atoms with Crippen LogP contribution in [-0.2, 0) is 0 Å². The van der Waals surface area contributed by atoms with Crippen molar-refractivity contribution >= 4 is 0 Å². The largest absolute Gasteiger partial charge is 0.466 e. The van der Waals surface area contributed by atoms with Gasteiger partial charge in [0.05, 0.1) is 7.11 Å². The monoisotopic (exact) mass is 224 g/mol. The summed E-state index contributed by atoms with van der Waals surface area (Å²) in [5, 5.41) is 7.74. The second kappa shape index (κ2) is 4.51. The number of hydrogen-bond acceptors (Lipinski definition) is 5. The quantitative estimate of drug-likeness (QED) is 0.735. The first-order valence-corrected chi connectivity index (χ1v) is 5.52. The molecule has 1 heterocycles. The average molecular weight is 224 g/mol. The molecule has 0 radical (unpaired) electrons. The predicted molar refractivity (Wildman–Crippen MR) is 58.8 cm³/mol. The highest BCUT2D eigenvalue weighted by Crippen LogP contribution is 2.29. The molecule has 0 saturated heterocycles. The SMILES string of the molecule is COc1nnc(C2CCCCC2)c(=O)n1N. The second-order valence-electron chi connectivity index (χ2n) is 4.08. The van der Waals surface area contributed by atoms with Gasteiger partial charge in [0.2, 0.25) is 0 Å². The molecule has 6 nitrogen and oxygen atoms in total. The summed E-state index contributed by atoms with van der Waals surface area (Å²) in [6, 6.07) is 0.0459. The van der Waals surface area contributed by atoms with E-state index in [1.165, 1.54) is 13.5 Å². The van der Waals surface area contributed by atoms with E-state index in [1.807, 2.05) is 0 Å². The van der Waals surface area contributed by atoms with Crippen molar-refractivity contribution in [3.63, 3.8) is 0 Å². The Labute approximate surface area is 93.4 Å². The number of nitrogen functional groups attached to an aromatic ring is 1. The van der Waals surface area contributed by atoms with E-state index < -0.39 is 0 Å². The highest BCUT2D eigenvalue weighted by Gasteiger charge is 2.22. The van der Waals surface area contributed by atoms with Gasteiger partial charge in [0.25, 0.3) is 5.56 Å². The predicted octanol–water partition coefficient (Wildman–Crippen LogP) is 0.408. The summed E-state index contributed by atoms with van der Waals surface area (Å²) >= 11 is 0. The first-order valence-electron chi connectivity index (χ1n) is 5.52. The van der Waals surface area contributed by atoms with Crippen molar-refractivity contribution in [2.75, 3.05) is 13.0 Å². The minimum absolute atomic E-state index is 0.0459. The molecular weight excluding hydrogens is 208 g/mol. The van der Waals surface area contributed by atoms with Gasteiger partial charge in [-0.15, -0.1) is 5.10 Å². The summed E-state index contributed by atoms with van der Waals surface area (Å²) in [6.45, 7) is 0. The van der Waals surface area contributed by atoms with E-state index in [-0.39, 0.29) is 17.5 Å². The Morgan fingerprint density at radius 1 is 1.31 bits per heavy atom. The van der Waals surface area contributed by atoms with Crippen LogP contribution >= 0.6 is 0 Å². The average Bonchev–Trinajstić information content (AvgIpc) is 2.34. The number of aromatic nitrogens is 3. The van der Waals surface area contributed by atoms with E-state index >= 15 is 0 Å². The van der Waals surface area contributed by atoms with Gasteiger partial charge in [-0.2, -0.15) is 4.68 Å². The molecule has 0 aromatic carbocycles. The van der Waals surface area contributed by atoms with Crippen molar-refractivity contribution in [3.8, 4) is 6.01 Å². The molecule has 1 aromatic rings. The van der Waals surface area contributed by atoms with E-state index in [2.05, 4.69) is 10.2 Å². The fraction of sp³-hybridized carbons (Fsp3) is 0.700. The minimum Gasteiger partial charge on any atom is -0.466 e. The summed E-state index contributed by atoms with van der Waals surface area (Å²) in [4.78, 5) is 11.9. The van der Waals surface area contributed by atoms with Crippen molar-refractivity contribution in [2.24, 2.45) is 0 Å². The van der Waals surface area contributed by atoms with Crippen LogP contribution in [0.1, 0.15) is 43.7 Å². The van der Waals surface area contributed by atoms with Gasteiger partial charge >= 0.3 is 6.01 Å². The molecule has 1 aliphatic carbocycles. The number of hydrogen-bond donors (Lipinski definition) is 1. The molecule has 1 fully saturated rings. The summed E-state index contributed by atoms with van der Waals surface area (Å²) in [6.07, 6.45) is 5.51. The molecule has 16 heavy (non-hydrogen) atoms. The molecule has 0 unspecified atom stereocenters. The first kappa shape index (κ1) is 10.9. The normalized spacial score (nSPS) is 17.3. The molecule has 1 saturated carbocycles. The van der Waals surface area contributed by atoms with Crippen LogP contribution in [0.25, 0.3) is 0 Å². The molecule has 88 valence electrons. The summed E-state index contributed by atoms with van der Waals surface area (Å²) in [7, 11) is 1.41. The third-order valence-electron chi connectivity index (χ3n) is 3.06. The smallest absolute Gasteiger partial charge is 0.337 e. The van der Waals surface area contributed by atoms with Crippen molar-refractivity contribution in [2.45, 2.75) is 38.0 Å². The van der Waals surface area contributed by atoms with Crippen LogP contribution in [0.5, 0.6) is 6.01 Å². The zero-order chi connectivity index (χ0) is 11.5. The van der Waals surface area contributed by atoms with Crippen molar-refractivity contribution in [3.05, 3.63) is 16.0 Å². The van der Waals surface area contributed by atoms with E-state index in [9.17, 15) is 4.79 Å². The van der Waals surface area contributed by atoms with Gasteiger partial charge < -0.3 is 10.6 Å². The molecule has 0 spiro atoms. The molecule has 2 N–H and O–H groups in total. The lowest BCUT2D eigenvalue weighted by Gasteiger charge is -2.20. The Morgan fingerprint density at radius 3 is 2.62 bits per heavy atom. The molecular formula is C10H16N4O2. The molecule has 2 rings (SSSR count). The van der Waals surface area contributed by atoms with Gasteiger partial charge in [0.1, 0.15) is 5.69 Å². The van der Waals surface area contributed by atoms with Gasteiger partial charge in [0.15, 0.2) is 0 Å². The lowest BCUT2D eigenvalue weighted by molar-refractivity contribution is 0.347. The lowest BCUT2D eigenvalue weighted by Crippen LogP contribution is -2.34. The summed E-state index contributed by atoms with van der Waals surface area (Å²) in [5.41, 5.74) is 0.182. The van der Waals surface area contributed by atoms with E-state index in [1.54, 1.807) is 0 Å². The number of nitrogens with zero attached hydrogens (tertiary/aromatic N) is 3. The maximum absolute atomic E-state index is 11.9. The highest BCUT2D eigenvalue weighted by molar-refractivity contribution is 5.08. The Bertz CT molecular complexity index is 423. The maximum atomic E-state index is 11.9. The number of nitrogens with two attached hydrogens (primary N) is 1. The van der Waals surface area contributed by atoms with Crippen molar-refractivity contribution in [1.29, 1.82) is 0 Å². The standard InChI is InChI=1S/C10H16N4O2/c1-16-10-13-12-8(9(15)14(10)11)7-5-3-2-4-6-7/h7H,2-6,11H2,1H3. The van der Waals surface area contributed by atoms with Gasteiger partial charge in [-0.25, -0.2) is 0 Å². The maximum Gasteiger partial charge on any atom is 0.337 e. The van der Waals surface area contributed by atoms with Gasteiger partial charge in [-0.05, 0) is 12.8 Å². The van der Waals surface area contributed by atoms with Gasteiger partial charge in [-0.1, -0.05) is 24.4 Å². The van der Waals surface area contributed by atoms with Crippen molar-refractivity contribution < 1.29 is 4.74 Å². The van der Waals surface area contributed by atoms with Crippen molar-refractivity contribution in [1.82, 2.24) is 14.9 Å². The van der Waals surface area contributed by atoms with Crippen LogP contribution in [0.15, 0.2) is 4.79 Å². The molecule has 1 aromatic heterocycles. The van der Waals surface area contributed by atoms with E-state index in [0.29, 0.717) is 5.69 Å². The molecule has 6 heteroatoms. The molecule has 0 amide bonds. The highest BCUT2D eigenvalue weighted by atomic mass is 16.5. The fourth-order valence-electron chi connectivity index (χ4n) is 2.17. The minimum atomic E-state index is -0.293. The zero-order valence-electron chi connectivity index (χ0n) is 9.35. The lowest BCUT2D eigenvalue weighted by atomic mass is 9.87. The first-order chi connectivity index (χ1) is 7.74. The Balaban J connectivity index is 2.34. The molecule has 1 aliphatic rings. The van der Waals surface area contributed by atoms with Crippen LogP contribution in [-0.4, -0.2) is 22.0 Å². The van der Waals surface area contributed by atoms with Gasteiger partial charge in [0, 0.05) is 5.92 Å². The van der Waals surface area contributed by atoms with Crippen LogP contribution in [0.3, 0.4) is 0 Å². The second-order valence-corrected chi connectivity index (χ2v) is 4.08. The molecule has 0 atom stereocenters. The Morgan fingerprint density at radius 2 is 2.00 bits per heavy atom. The summed E-state index contributed by atoms with van der Waals surface area (Å²) in [5.74, 6) is 5.78. The van der Waals surface area contributed by atoms with E-state index in [0.717, 1.165) is 30.4 Å². The Hall–Kier alpha value is -1.59. The zero-order valence-corrected chi connectivity index (χ0v) is 9.35. The topological polar surface area (TPSA) is 83.0 Å². The van der Waals surface area contributed by atoms with Crippen LogP contribution in [0, 0.1) is 0 Å².